The Kier molecular flexibility index (Phi) is 6.31. The number of carboxylic acids is 1. The minimum atomic E-state index is -0.955. The van der Waals surface area contributed by atoms with Gasteiger partial charge in [0.15, 0.2) is 5.82 Å². The quantitative estimate of drug-likeness (QED) is 0.256. The molecule has 2 aromatic heterocycles. The molecule has 5 rings (SSSR count). The van der Waals surface area contributed by atoms with Crippen molar-refractivity contribution in [1.82, 2.24) is 14.8 Å². The van der Waals surface area contributed by atoms with Gasteiger partial charge in [-0.1, -0.05) is 12.1 Å². The van der Waals surface area contributed by atoms with Crippen molar-refractivity contribution in [1.29, 1.82) is 0 Å². The molecular formula is C27H26N6O4S. The van der Waals surface area contributed by atoms with Gasteiger partial charge in [0.25, 0.3) is 5.69 Å². The Morgan fingerprint density at radius 3 is 2.26 bits per heavy atom. The second-order valence-corrected chi connectivity index (χ2v) is 10.5. The molecule has 0 radical (unpaired) electrons. The fourth-order valence-corrected chi connectivity index (χ4v) is 5.82. The standard InChI is InChI=1S/C27H26N6O4S/c1-14-16(3)38-26-22(14)24(28-23(15(2)27(34)35)25-30-29-17(4)32(25)26)18-6-8-19(9-7-18)31(5)20-10-12-21(13-11-20)33(36)37/h6-13,15,23H,1-5H3,(H,34,35)/t15?,23-/m0/s1. The maximum atomic E-state index is 12.0. The van der Waals surface area contributed by atoms with Gasteiger partial charge in [-0.25, -0.2) is 0 Å². The Labute approximate surface area is 223 Å². The number of benzene rings is 2. The molecule has 1 aliphatic rings. The van der Waals surface area contributed by atoms with Gasteiger partial charge in [0.05, 0.1) is 16.6 Å². The van der Waals surface area contributed by atoms with Crippen LogP contribution < -0.4 is 4.90 Å². The van der Waals surface area contributed by atoms with Gasteiger partial charge < -0.3 is 10.0 Å². The normalized spacial score (nSPS) is 15.2. The highest BCUT2D eigenvalue weighted by atomic mass is 32.1. The van der Waals surface area contributed by atoms with Gasteiger partial charge in [-0.15, -0.1) is 21.5 Å². The number of aliphatic imine (C=N–C) groups is 1. The summed E-state index contributed by atoms with van der Waals surface area (Å²) in [6, 6.07) is 13.5. The molecular weight excluding hydrogens is 504 g/mol. The average molecular weight is 531 g/mol. The second kappa shape index (κ2) is 9.49. The molecule has 194 valence electrons. The molecule has 0 amide bonds. The molecule has 0 spiro atoms. The number of aliphatic carboxylic acids is 1. The van der Waals surface area contributed by atoms with E-state index in [9.17, 15) is 20.0 Å². The molecule has 10 nitrogen and oxygen atoms in total. The van der Waals surface area contributed by atoms with Crippen molar-refractivity contribution >= 4 is 40.1 Å². The molecule has 1 aliphatic heterocycles. The van der Waals surface area contributed by atoms with Crippen LogP contribution in [-0.2, 0) is 4.79 Å². The third kappa shape index (κ3) is 4.14. The van der Waals surface area contributed by atoms with E-state index >= 15 is 0 Å². The van der Waals surface area contributed by atoms with E-state index in [1.54, 1.807) is 30.4 Å². The van der Waals surface area contributed by atoms with E-state index in [-0.39, 0.29) is 5.69 Å². The molecule has 0 saturated heterocycles. The Balaban J connectivity index is 1.60. The molecule has 0 fully saturated rings. The number of aryl methyl sites for hydroxylation is 2. The Morgan fingerprint density at radius 2 is 1.68 bits per heavy atom. The summed E-state index contributed by atoms with van der Waals surface area (Å²) in [5, 5.41) is 30.4. The van der Waals surface area contributed by atoms with Crippen molar-refractivity contribution in [3.05, 3.63) is 91.9 Å². The van der Waals surface area contributed by atoms with Crippen LogP contribution in [0.5, 0.6) is 0 Å². The first-order chi connectivity index (χ1) is 18.1. The highest BCUT2D eigenvalue weighted by Crippen LogP contribution is 2.41. The van der Waals surface area contributed by atoms with Crippen molar-refractivity contribution in [2.24, 2.45) is 10.9 Å². The number of fused-ring (bicyclic) bond motifs is 3. The smallest absolute Gasteiger partial charge is 0.308 e. The minimum absolute atomic E-state index is 0.0386. The van der Waals surface area contributed by atoms with Crippen LogP contribution in [0.3, 0.4) is 0 Å². The molecule has 0 bridgehead atoms. The lowest BCUT2D eigenvalue weighted by molar-refractivity contribution is -0.384. The molecule has 0 saturated carbocycles. The monoisotopic (exact) mass is 530 g/mol. The largest absolute Gasteiger partial charge is 0.481 e. The van der Waals surface area contributed by atoms with Gasteiger partial charge in [0.1, 0.15) is 16.9 Å². The van der Waals surface area contributed by atoms with Crippen LogP contribution in [0.15, 0.2) is 53.5 Å². The van der Waals surface area contributed by atoms with E-state index in [0.717, 1.165) is 43.7 Å². The van der Waals surface area contributed by atoms with Crippen LogP contribution in [0.2, 0.25) is 0 Å². The van der Waals surface area contributed by atoms with Gasteiger partial charge in [0.2, 0.25) is 0 Å². The number of hydrogen-bond acceptors (Lipinski definition) is 8. The van der Waals surface area contributed by atoms with E-state index in [1.807, 2.05) is 47.7 Å². The van der Waals surface area contributed by atoms with Crippen LogP contribution in [0.25, 0.3) is 5.00 Å². The van der Waals surface area contributed by atoms with Crippen molar-refractivity contribution in [2.75, 3.05) is 11.9 Å². The van der Waals surface area contributed by atoms with Crippen LogP contribution >= 0.6 is 11.3 Å². The molecule has 2 atom stereocenters. The van der Waals surface area contributed by atoms with Crippen LogP contribution in [0.4, 0.5) is 17.1 Å². The van der Waals surface area contributed by atoms with E-state index in [0.29, 0.717) is 11.6 Å². The Hall–Kier alpha value is -4.38. The van der Waals surface area contributed by atoms with E-state index < -0.39 is 22.9 Å². The number of non-ortho nitro benzene ring substituents is 1. The van der Waals surface area contributed by atoms with Gasteiger partial charge >= 0.3 is 5.97 Å². The van der Waals surface area contributed by atoms with Crippen molar-refractivity contribution in [2.45, 2.75) is 33.7 Å². The number of aromatic nitrogens is 3. The number of rotatable bonds is 6. The highest BCUT2D eigenvalue weighted by Gasteiger charge is 2.36. The van der Waals surface area contributed by atoms with Gasteiger partial charge in [-0.3, -0.25) is 24.5 Å². The number of nitro groups is 1. The first kappa shape index (κ1) is 25.3. The summed E-state index contributed by atoms with van der Waals surface area (Å²) >= 11 is 1.62. The summed E-state index contributed by atoms with van der Waals surface area (Å²) in [4.78, 5) is 30.7. The predicted octanol–water partition coefficient (Wildman–Crippen LogP) is 5.54. The average Bonchev–Trinajstić information content (AvgIpc) is 3.37. The zero-order valence-corrected chi connectivity index (χ0v) is 22.4. The molecule has 4 aromatic rings. The Bertz CT molecular complexity index is 1590. The van der Waals surface area contributed by atoms with Crippen molar-refractivity contribution in [3.63, 3.8) is 0 Å². The summed E-state index contributed by atoms with van der Waals surface area (Å²) < 4.78 is 1.94. The van der Waals surface area contributed by atoms with E-state index in [1.165, 1.54) is 12.1 Å². The van der Waals surface area contributed by atoms with Crippen molar-refractivity contribution in [3.8, 4) is 5.00 Å². The lowest BCUT2D eigenvalue weighted by Crippen LogP contribution is -2.21. The SMILES string of the molecule is Cc1sc2c(c1C)C(c1ccc(N(C)c3ccc([N+](=O)[O-])cc3)cc1)=N[C@@H](C(C)C(=O)O)c1nnc(C)n1-2. The molecule has 1 unspecified atom stereocenters. The maximum absolute atomic E-state index is 12.0. The van der Waals surface area contributed by atoms with Gasteiger partial charge in [0, 0.05) is 46.6 Å². The fourth-order valence-electron chi connectivity index (χ4n) is 4.61. The molecule has 3 heterocycles. The molecule has 0 aliphatic carbocycles. The number of nitrogens with zero attached hydrogens (tertiary/aromatic N) is 6. The first-order valence-electron chi connectivity index (χ1n) is 12.0. The second-order valence-electron chi connectivity index (χ2n) is 9.33. The topological polar surface area (TPSA) is 127 Å². The third-order valence-corrected chi connectivity index (χ3v) is 8.22. The third-order valence-electron chi connectivity index (χ3n) is 7.03. The lowest BCUT2D eigenvalue weighted by Gasteiger charge is -2.20. The number of hydrogen-bond donors (Lipinski definition) is 1. The number of nitro benzene ring substituents is 1. The Morgan fingerprint density at radius 1 is 1.08 bits per heavy atom. The van der Waals surface area contributed by atoms with E-state index in [2.05, 4.69) is 24.0 Å². The summed E-state index contributed by atoms with van der Waals surface area (Å²) in [6.45, 7) is 7.62. The zero-order chi connectivity index (χ0) is 27.3. The molecule has 2 aromatic carbocycles. The summed E-state index contributed by atoms with van der Waals surface area (Å²) in [5.74, 6) is -0.565. The maximum Gasteiger partial charge on any atom is 0.308 e. The summed E-state index contributed by atoms with van der Waals surface area (Å²) in [5.41, 5.74) is 5.34. The predicted molar refractivity (Wildman–Crippen MR) is 146 cm³/mol. The van der Waals surface area contributed by atoms with Crippen molar-refractivity contribution < 1.29 is 14.8 Å². The number of thiophene rings is 1. The van der Waals surface area contributed by atoms with E-state index in [4.69, 9.17) is 4.99 Å². The summed E-state index contributed by atoms with van der Waals surface area (Å²) in [7, 11) is 1.89. The lowest BCUT2D eigenvalue weighted by atomic mass is 9.98. The number of anilines is 2. The van der Waals surface area contributed by atoms with Crippen LogP contribution in [0, 0.1) is 36.8 Å². The molecule has 11 heteroatoms. The molecule has 1 N–H and O–H groups in total. The summed E-state index contributed by atoms with van der Waals surface area (Å²) in [6.07, 6.45) is 0. The fraction of sp³-hybridized carbons (Fsp3) is 0.259. The van der Waals surface area contributed by atoms with Gasteiger partial charge in [-0.05, 0) is 57.5 Å². The number of carboxylic acid groups (broad SMARTS) is 1. The van der Waals surface area contributed by atoms with Crippen LogP contribution in [0.1, 0.15) is 46.2 Å². The minimum Gasteiger partial charge on any atom is -0.481 e. The first-order valence-corrected chi connectivity index (χ1v) is 12.8. The zero-order valence-electron chi connectivity index (χ0n) is 21.5. The number of carbonyl (C=O) groups is 1. The van der Waals surface area contributed by atoms with Crippen LogP contribution in [-0.4, -0.2) is 43.5 Å². The van der Waals surface area contributed by atoms with Gasteiger partial charge in [-0.2, -0.15) is 0 Å². The highest BCUT2D eigenvalue weighted by molar-refractivity contribution is 7.15. The molecule has 38 heavy (non-hydrogen) atoms.